The van der Waals surface area contributed by atoms with Crippen LogP contribution in [-0.2, 0) is 0 Å². The average Bonchev–Trinajstić information content (AvgIpc) is 2.67. The van der Waals surface area contributed by atoms with Crippen molar-refractivity contribution in [2.45, 2.75) is 0 Å². The molecule has 0 amide bonds. The molecule has 0 atom stereocenters. The molecule has 2 aromatic heterocycles. The fourth-order valence-corrected chi connectivity index (χ4v) is 0.385. The average molecular weight is 222 g/mol. The van der Waals surface area contributed by atoms with E-state index in [1.807, 2.05) is 0 Å². The van der Waals surface area contributed by atoms with Gasteiger partial charge in [0.15, 0.2) is 0 Å². The van der Waals surface area contributed by atoms with Crippen molar-refractivity contribution in [2.24, 2.45) is 0 Å². The van der Waals surface area contributed by atoms with Gasteiger partial charge in [-0.2, -0.15) is 0 Å². The Morgan fingerprint density at radius 2 is 1.27 bits per heavy atom. The quantitative estimate of drug-likeness (QED) is 0.574. The Morgan fingerprint density at radius 3 is 1.36 bits per heavy atom. The fourth-order valence-electron chi connectivity index (χ4n) is 0.385. The molecule has 11 heavy (non-hydrogen) atoms. The van der Waals surface area contributed by atoms with E-state index in [4.69, 9.17) is 0 Å². The van der Waals surface area contributed by atoms with E-state index in [9.17, 15) is 0 Å². The number of aromatic nitrogens is 4. The molecule has 2 rings (SSSR count). The normalized spacial score (nSPS) is 7.27. The summed E-state index contributed by atoms with van der Waals surface area (Å²) in [5, 5.41) is 0. The zero-order chi connectivity index (χ0) is 7.07. The van der Waals surface area contributed by atoms with Gasteiger partial charge in [-0.15, -0.1) is 0 Å². The van der Waals surface area contributed by atoms with Crippen molar-refractivity contribution in [3.63, 3.8) is 0 Å². The van der Waals surface area contributed by atoms with E-state index < -0.39 is 0 Å². The number of nitrogens with zero attached hydrogens (tertiary/aromatic N) is 4. The minimum absolute atomic E-state index is 0. The van der Waals surface area contributed by atoms with E-state index in [-0.39, 0.29) is 45.5 Å². The summed E-state index contributed by atoms with van der Waals surface area (Å²) in [6.45, 7) is 0. The molecule has 0 saturated carbocycles. The van der Waals surface area contributed by atoms with Gasteiger partial charge >= 0.3 is 45.5 Å². The maximum absolute atomic E-state index is 3.61. The summed E-state index contributed by atoms with van der Waals surface area (Å²) in [4.78, 5) is 14.4. The summed E-state index contributed by atoms with van der Waals surface area (Å²) >= 11 is 0. The first-order valence-electron chi connectivity index (χ1n) is 2.73. The van der Waals surface area contributed by atoms with Crippen molar-refractivity contribution in [3.05, 3.63) is 37.4 Å². The van der Waals surface area contributed by atoms with E-state index in [1.54, 1.807) is 24.8 Å². The summed E-state index contributed by atoms with van der Waals surface area (Å²) in [5.74, 6) is 0. The summed E-state index contributed by atoms with van der Waals surface area (Å²) in [6.07, 6.45) is 9.56. The summed E-state index contributed by atoms with van der Waals surface area (Å²) < 4.78 is 0. The Balaban J connectivity index is 0.000000167. The molecule has 0 aliphatic rings. The van der Waals surface area contributed by atoms with E-state index in [2.05, 4.69) is 19.9 Å². The first-order chi connectivity index (χ1) is 5.00. The van der Waals surface area contributed by atoms with Crippen molar-refractivity contribution >= 4 is 45.5 Å². The van der Waals surface area contributed by atoms with Gasteiger partial charge in [0.1, 0.15) is 0 Å². The predicted molar refractivity (Wildman–Crippen MR) is 40.9 cm³/mol. The number of rotatable bonds is 0. The third-order valence-electron chi connectivity index (χ3n) is 0.744. The number of hydrogen-bond donors (Lipinski definition) is 0. The van der Waals surface area contributed by atoms with Crippen molar-refractivity contribution in [1.82, 2.24) is 19.9 Å². The molecular weight excluding hydrogens is 216 g/mol. The Kier molecular flexibility index (Phi) is 7.93. The maximum atomic E-state index is 3.61. The molecule has 0 spiro atoms. The van der Waals surface area contributed by atoms with Crippen LogP contribution in [-0.4, -0.2) is 55.4 Å². The molecule has 0 aliphatic heterocycles. The van der Waals surface area contributed by atoms with Gasteiger partial charge in [0.05, 0.1) is 0 Å². The van der Waals surface area contributed by atoms with Crippen LogP contribution in [0.5, 0.6) is 0 Å². The molecule has 52 valence electrons. The zero-order valence-corrected chi connectivity index (χ0v) is 9.44. The summed E-state index contributed by atoms with van der Waals surface area (Å²) in [6, 6.07) is 0. The number of hydrogen-bond acceptors (Lipinski definition) is 2. The molecule has 5 heteroatoms. The Bertz CT molecular complexity index is 154. The first-order valence-corrected chi connectivity index (χ1v) is 2.73. The molecule has 0 radical (unpaired) electrons. The van der Waals surface area contributed by atoms with Crippen LogP contribution in [0.1, 0.15) is 0 Å². The van der Waals surface area contributed by atoms with Crippen LogP contribution in [0.4, 0.5) is 0 Å². The molecule has 2 aromatic rings. The van der Waals surface area contributed by atoms with E-state index in [1.165, 1.54) is 12.7 Å². The largest absolute Gasteiger partial charge is 2.00 e. The van der Waals surface area contributed by atoms with Gasteiger partial charge in [-0.25, -0.2) is 0 Å². The smallest absolute Gasteiger partial charge is 0.450 e. The van der Waals surface area contributed by atoms with Gasteiger partial charge in [0, 0.05) is 0 Å². The second-order valence-electron chi connectivity index (χ2n) is 1.42. The van der Waals surface area contributed by atoms with E-state index in [0.717, 1.165) is 0 Å². The number of imidazole rings is 2. The second kappa shape index (κ2) is 8.00. The molecule has 0 saturated heterocycles. The Hall–Kier alpha value is -0.0995. The minimum Gasteiger partial charge on any atom is -0.450 e. The Labute approximate surface area is 102 Å². The first kappa shape index (κ1) is 10.9. The SMILES string of the molecule is [Sr+2].c1c[n-]cn1.c1c[n-]cn1. The van der Waals surface area contributed by atoms with Crippen molar-refractivity contribution in [1.29, 1.82) is 0 Å². The van der Waals surface area contributed by atoms with Gasteiger partial charge < -0.3 is 19.9 Å². The molecule has 0 unspecified atom stereocenters. The molecule has 0 bridgehead atoms. The predicted octanol–water partition coefficient (Wildman–Crippen LogP) is -0.303. The molecular formula is C6H6N4Sr. The molecule has 0 aliphatic carbocycles. The van der Waals surface area contributed by atoms with Crippen LogP contribution in [0, 0.1) is 0 Å². The second-order valence-corrected chi connectivity index (χ2v) is 1.42. The van der Waals surface area contributed by atoms with Crippen LogP contribution in [0.15, 0.2) is 37.4 Å². The third-order valence-corrected chi connectivity index (χ3v) is 0.744. The third kappa shape index (κ3) is 6.30. The van der Waals surface area contributed by atoms with Crippen molar-refractivity contribution in [2.75, 3.05) is 0 Å². The molecule has 4 nitrogen and oxygen atoms in total. The maximum Gasteiger partial charge on any atom is 2.00 e. The van der Waals surface area contributed by atoms with Gasteiger partial charge in [0.2, 0.25) is 0 Å². The zero-order valence-electron chi connectivity index (χ0n) is 5.96. The van der Waals surface area contributed by atoms with Gasteiger partial charge in [0.25, 0.3) is 0 Å². The monoisotopic (exact) mass is 222 g/mol. The van der Waals surface area contributed by atoms with Crippen LogP contribution < -0.4 is 9.97 Å². The minimum atomic E-state index is 0. The standard InChI is InChI=1S/2C3H3N2.Sr/c2*1-2-5-3-4-1;/h2*1-3H;/q2*-1;+2. The van der Waals surface area contributed by atoms with Crippen molar-refractivity contribution < 1.29 is 0 Å². The van der Waals surface area contributed by atoms with Crippen LogP contribution in [0.2, 0.25) is 0 Å². The molecule has 0 N–H and O–H groups in total. The summed E-state index contributed by atoms with van der Waals surface area (Å²) in [7, 11) is 0. The van der Waals surface area contributed by atoms with Crippen LogP contribution in [0.25, 0.3) is 0 Å². The summed E-state index contributed by atoms with van der Waals surface area (Å²) in [5.41, 5.74) is 0. The van der Waals surface area contributed by atoms with E-state index >= 15 is 0 Å². The van der Waals surface area contributed by atoms with Gasteiger partial charge in [-0.05, 0) is 0 Å². The van der Waals surface area contributed by atoms with Crippen molar-refractivity contribution in [3.8, 4) is 0 Å². The molecule has 0 fully saturated rings. The van der Waals surface area contributed by atoms with Crippen LogP contribution >= 0.6 is 0 Å². The topological polar surface area (TPSA) is 54.0 Å². The molecule has 0 aromatic carbocycles. The Morgan fingerprint density at radius 1 is 0.818 bits per heavy atom. The van der Waals surface area contributed by atoms with Gasteiger partial charge in [-0.1, -0.05) is 37.4 Å². The van der Waals surface area contributed by atoms with Crippen LogP contribution in [0.3, 0.4) is 0 Å². The van der Waals surface area contributed by atoms with E-state index in [0.29, 0.717) is 0 Å². The fraction of sp³-hybridized carbons (Fsp3) is 0. The molecule has 2 heterocycles. The van der Waals surface area contributed by atoms with Gasteiger partial charge in [-0.3, -0.25) is 0 Å².